The van der Waals surface area contributed by atoms with Gasteiger partial charge in [0.15, 0.2) is 0 Å². The first-order valence-corrected chi connectivity index (χ1v) is 49.5. The second-order valence-electron chi connectivity index (χ2n) is 42.7. The third-order valence-electron chi connectivity index (χ3n) is 27.1. The molecule has 10 rings (SSSR count). The molecule has 0 saturated carbocycles. The maximum absolute atomic E-state index is 14.6. The lowest BCUT2D eigenvalue weighted by atomic mass is 9.85. The Morgan fingerprint density at radius 1 is 0.297 bits per heavy atom. The number of carbonyl (C=O) groups excluding carboxylic acids is 16. The van der Waals surface area contributed by atoms with E-state index in [1.165, 1.54) is 31.7 Å². The molecule has 0 spiro atoms. The van der Waals surface area contributed by atoms with E-state index in [2.05, 4.69) is 74.4 Å². The molecule has 0 bridgehead atoms. The minimum atomic E-state index is -1.01. The lowest BCUT2D eigenvalue weighted by molar-refractivity contribution is -0.147. The zero-order chi connectivity index (χ0) is 106. The SMILES string of the molecule is CN[C@@H](C)C(=O)N[C@H](C(=O)N1C[C@@H](NC(=O)c2cccc(C(=O)N[C@H]3C[C@@H](C(=O)N(C)Cc4ccccc4)N(C(=O)[C@@H](NC(=O)[C@H](C)NC)C(C)(C)C)C3)c2)C[C@H]1C(=O)N(C)Cc1ccccc1)C(C)(C)C.CN[C@@H](C)C(=O)N[C@H](C(=O)N1C[C@@H](NC(=O)c2cccc(C(=O)N[C@H]3C[C@@H](C(=O)N[C@H](C)c4ccccc4)N(C(=O)[C@@H](NC(=O)[C@H](C)NC)C(C)(C)C)C3)c2)C[C@H]1C(=O)N[C@H](C)c1ccccc1)C(C)(C)C.Cl.Cl.Cl.Cl. The van der Waals surface area contributed by atoms with Crippen LogP contribution in [0.25, 0.3) is 0 Å². The molecule has 0 unspecified atom stereocenters. The lowest BCUT2D eigenvalue weighted by Gasteiger charge is -2.36. The van der Waals surface area contributed by atoms with Gasteiger partial charge in [-0.1, -0.05) is 217 Å². The molecule has 16 amide bonds. The summed E-state index contributed by atoms with van der Waals surface area (Å²) in [5.74, 6) is -7.04. The summed E-state index contributed by atoms with van der Waals surface area (Å²) in [5, 5.41) is 41.1. The minimum absolute atomic E-state index is 0. The van der Waals surface area contributed by atoms with E-state index in [9.17, 15) is 76.7 Å². The molecule has 4 saturated heterocycles. The van der Waals surface area contributed by atoms with Gasteiger partial charge in [0.05, 0.1) is 36.3 Å². The topological polar surface area (TPSA) is 461 Å². The highest BCUT2D eigenvalue weighted by Gasteiger charge is 2.52. The van der Waals surface area contributed by atoms with Gasteiger partial charge in [-0.05, 0) is 176 Å². The molecule has 14 N–H and O–H groups in total. The van der Waals surface area contributed by atoms with E-state index >= 15 is 0 Å². The van der Waals surface area contributed by atoms with E-state index in [0.717, 1.165) is 22.3 Å². The first-order chi connectivity index (χ1) is 67.7. The van der Waals surface area contributed by atoms with Gasteiger partial charge in [0, 0.05) is 99.8 Å². The van der Waals surface area contributed by atoms with Gasteiger partial charge in [0.2, 0.25) is 70.9 Å². The Balaban J connectivity index is 0.000000507. The van der Waals surface area contributed by atoms with Gasteiger partial charge in [0.1, 0.15) is 48.3 Å². The molecule has 148 heavy (non-hydrogen) atoms. The van der Waals surface area contributed by atoms with Crippen LogP contribution in [-0.2, 0) is 70.6 Å². The molecule has 18 atom stereocenters. The molecule has 40 heteroatoms. The van der Waals surface area contributed by atoms with E-state index in [-0.39, 0.29) is 172 Å². The molecule has 6 aromatic carbocycles. The molecule has 4 aliphatic heterocycles. The van der Waals surface area contributed by atoms with Crippen LogP contribution in [0, 0.1) is 21.7 Å². The molecule has 6 aromatic rings. The van der Waals surface area contributed by atoms with E-state index < -0.39 is 189 Å². The predicted molar refractivity (Wildman–Crippen MR) is 579 cm³/mol. The number of rotatable bonds is 36. The van der Waals surface area contributed by atoms with Crippen LogP contribution in [0.5, 0.6) is 0 Å². The predicted octanol–water partition coefficient (Wildman–Crippen LogP) is 7.48. The summed E-state index contributed by atoms with van der Waals surface area (Å²) >= 11 is 0. The highest BCUT2D eigenvalue weighted by atomic mass is 35.5. The number of nitrogens with one attached hydrogen (secondary N) is 14. The molecule has 4 aliphatic rings. The van der Waals surface area contributed by atoms with Crippen LogP contribution in [-0.4, -0.2) is 289 Å². The van der Waals surface area contributed by atoms with Crippen LogP contribution >= 0.6 is 49.6 Å². The Morgan fingerprint density at radius 2 is 0.507 bits per heavy atom. The number of amides is 16. The Bertz CT molecular complexity index is 5210. The maximum atomic E-state index is 14.6. The fraction of sp³-hybridized carbons (Fsp3) is 0.519. The third kappa shape index (κ3) is 33.9. The van der Waals surface area contributed by atoms with Crippen molar-refractivity contribution in [2.45, 2.75) is 272 Å². The second kappa shape index (κ2) is 55.9. The van der Waals surface area contributed by atoms with Crippen molar-refractivity contribution in [1.82, 2.24) is 104 Å². The summed E-state index contributed by atoms with van der Waals surface area (Å²) in [6, 6.07) is 36.1. The summed E-state index contributed by atoms with van der Waals surface area (Å²) in [6.07, 6.45) is 0.345. The Labute approximate surface area is 895 Å². The van der Waals surface area contributed by atoms with Crippen molar-refractivity contribution in [3.63, 3.8) is 0 Å². The Kier molecular flexibility index (Phi) is 47.7. The summed E-state index contributed by atoms with van der Waals surface area (Å²) in [4.78, 5) is 233. The number of halogens is 4. The Morgan fingerprint density at radius 3 is 0.723 bits per heavy atom. The zero-order valence-electron chi connectivity index (χ0n) is 89.5. The molecule has 812 valence electrons. The average Bonchev–Trinajstić information content (AvgIpc) is 1.60. The largest absolute Gasteiger partial charge is 0.348 e. The van der Waals surface area contributed by atoms with E-state index in [1.54, 1.807) is 116 Å². The van der Waals surface area contributed by atoms with Gasteiger partial charge in [-0.15, -0.1) is 49.6 Å². The monoisotopic (exact) mass is 2130 g/mol. The minimum Gasteiger partial charge on any atom is -0.348 e. The molecule has 36 nitrogen and oxygen atoms in total. The van der Waals surface area contributed by atoms with E-state index in [0.29, 0.717) is 0 Å². The molecule has 0 aromatic heterocycles. The van der Waals surface area contributed by atoms with Crippen molar-refractivity contribution < 1.29 is 76.7 Å². The van der Waals surface area contributed by atoms with Crippen LogP contribution < -0.4 is 74.4 Å². The highest BCUT2D eigenvalue weighted by molar-refractivity contribution is 6.03. The maximum Gasteiger partial charge on any atom is 0.251 e. The van der Waals surface area contributed by atoms with Gasteiger partial charge >= 0.3 is 0 Å². The number of carbonyl (C=O) groups is 16. The summed E-state index contributed by atoms with van der Waals surface area (Å²) in [7, 11) is 9.89. The summed E-state index contributed by atoms with van der Waals surface area (Å²) in [5.41, 5.74) is 1.11. The zero-order valence-corrected chi connectivity index (χ0v) is 92.7. The second-order valence-corrected chi connectivity index (χ2v) is 42.7. The van der Waals surface area contributed by atoms with E-state index in [4.69, 9.17) is 0 Å². The van der Waals surface area contributed by atoms with Crippen molar-refractivity contribution in [2.75, 3.05) is 68.5 Å². The molecular formula is C108H156Cl4N20O16. The normalized spacial score (nSPS) is 19.5. The average molecular weight is 2130 g/mol. The standard InChI is InChI=1S/2C54H76N10O8.4ClH/c1-33(55-9)45(65)59-43(53(3,4)5)51(71)63-31-39(27-41(63)49(69)61(11)29-35-20-15-13-16-21-35)57-47(67)37-24-19-25-38(26-37)48(68)58-40-28-42(50(70)62(12)30-36-22-17-14-18-23-36)64(32-40)52(72)44(54(6,7)8)60-46(66)34(2)56-10;1-31(35-20-15-13-16-21-35)57-49(69)41-27-39(29-63(41)51(71)43(53(5,6)7)61-45(65)33(3)55-11)59-47(67)37-24-19-25-38(26-37)48(68)60-40-28-42(50(70)58-32(2)36-22-17-14-18-23-36)64(30-40)52(72)44(54(8,9)10)62-46(66)34(4)56-12;;;;/h13-26,33-34,39-44,55-56H,27-32H2,1-12H3,(H,57,67)(H,58,68)(H,59,65)(H,60,66);13-26,31-34,39-44,55-56H,27-30H2,1-12H3,(H,57,69)(H,58,70)(H,59,67)(H,60,68)(H,61,65)(H,62,66);4*1H/t33-,34-,39-,40-,41-,42-,43+,44+;31-,32-,33+,34+,39+,40+,41+,42+,43-,44-;;;;/m01..../s1. The molecular weight excluding hydrogens is 1980 g/mol. The quantitative estimate of drug-likeness (QED) is 0.0181. The van der Waals surface area contributed by atoms with Crippen LogP contribution in [0.3, 0.4) is 0 Å². The van der Waals surface area contributed by atoms with Gasteiger partial charge in [-0.25, -0.2) is 0 Å². The van der Waals surface area contributed by atoms with Crippen molar-refractivity contribution in [3.05, 3.63) is 214 Å². The fourth-order valence-electron chi connectivity index (χ4n) is 17.9. The summed E-state index contributed by atoms with van der Waals surface area (Å²) < 4.78 is 0. The number of hydrogen-bond donors (Lipinski definition) is 14. The van der Waals surface area contributed by atoms with Gasteiger partial charge in [-0.2, -0.15) is 0 Å². The van der Waals surface area contributed by atoms with E-state index in [1.807, 2.05) is 218 Å². The fourth-order valence-corrected chi connectivity index (χ4v) is 17.9. The number of likely N-dealkylation sites (tertiary alicyclic amines) is 4. The smallest absolute Gasteiger partial charge is 0.251 e. The Hall–Kier alpha value is -12.2. The third-order valence-corrected chi connectivity index (χ3v) is 27.1. The van der Waals surface area contributed by atoms with Crippen LogP contribution in [0.2, 0.25) is 0 Å². The van der Waals surface area contributed by atoms with Gasteiger partial charge < -0.3 is 104 Å². The number of nitrogens with zero attached hydrogens (tertiary/aromatic N) is 6. The van der Waals surface area contributed by atoms with Crippen molar-refractivity contribution in [1.29, 1.82) is 0 Å². The van der Waals surface area contributed by atoms with Crippen molar-refractivity contribution >= 4 is 144 Å². The first kappa shape index (κ1) is 126. The number of likely N-dealkylation sites (N-methyl/N-ethyl adjacent to an activating group) is 6. The number of hydrogen-bond acceptors (Lipinski definition) is 20. The molecule has 0 aliphatic carbocycles. The molecule has 4 fully saturated rings. The van der Waals surface area contributed by atoms with Crippen LogP contribution in [0.4, 0.5) is 0 Å². The van der Waals surface area contributed by atoms with Crippen LogP contribution in [0.1, 0.15) is 226 Å². The molecule has 4 heterocycles. The van der Waals surface area contributed by atoms with Gasteiger partial charge in [-0.3, -0.25) is 76.7 Å². The van der Waals surface area contributed by atoms with Crippen LogP contribution in [0.15, 0.2) is 170 Å². The summed E-state index contributed by atoms with van der Waals surface area (Å²) in [6.45, 7) is 32.8. The van der Waals surface area contributed by atoms with Crippen molar-refractivity contribution in [3.8, 4) is 0 Å². The first-order valence-electron chi connectivity index (χ1n) is 49.5. The molecule has 0 radical (unpaired) electrons. The lowest BCUT2D eigenvalue weighted by Crippen LogP contribution is -2.59. The number of benzene rings is 6. The highest BCUT2D eigenvalue weighted by Crippen LogP contribution is 2.34. The van der Waals surface area contributed by atoms with Crippen molar-refractivity contribution in [2.24, 2.45) is 21.7 Å². The van der Waals surface area contributed by atoms with Gasteiger partial charge in [0.25, 0.3) is 23.6 Å².